The monoisotopic (exact) mass is 955 g/mol. The molecule has 6 bridgehead atoms. The molecular formula is C49H65N9O9S. The summed E-state index contributed by atoms with van der Waals surface area (Å²) < 4.78 is 19.4. The highest BCUT2D eigenvalue weighted by molar-refractivity contribution is 7.10. The Morgan fingerprint density at radius 3 is 2.54 bits per heavy atom. The van der Waals surface area contributed by atoms with Gasteiger partial charge >= 0.3 is 12.0 Å². The van der Waals surface area contributed by atoms with Gasteiger partial charge in [-0.3, -0.25) is 24.4 Å². The van der Waals surface area contributed by atoms with E-state index in [1.807, 2.05) is 52.1 Å². The number of cyclic esters (lactones) is 1. The first-order chi connectivity index (χ1) is 32.4. The summed E-state index contributed by atoms with van der Waals surface area (Å²) in [7, 11) is 3.22. The highest BCUT2D eigenvalue weighted by Crippen LogP contribution is 2.42. The highest BCUT2D eigenvalue weighted by Gasteiger charge is 2.46. The molecule has 8 rings (SSSR count). The number of nitrogens with zero attached hydrogens (tertiary/aromatic N) is 7. The maximum absolute atomic E-state index is 14.7. The third-order valence-electron chi connectivity index (χ3n) is 13.7. The lowest BCUT2D eigenvalue weighted by Gasteiger charge is -2.44. The van der Waals surface area contributed by atoms with E-state index in [0.29, 0.717) is 50.0 Å². The van der Waals surface area contributed by atoms with Crippen LogP contribution in [0.5, 0.6) is 0 Å². The van der Waals surface area contributed by atoms with Crippen LogP contribution in [0.15, 0.2) is 41.9 Å². The molecular weight excluding hydrogens is 891 g/mol. The van der Waals surface area contributed by atoms with Gasteiger partial charge in [-0.15, -0.1) is 11.3 Å². The van der Waals surface area contributed by atoms with Crippen LogP contribution in [0.2, 0.25) is 0 Å². The number of ether oxygens (including phenoxy) is 3. The lowest BCUT2D eigenvalue weighted by Crippen LogP contribution is -2.67. The van der Waals surface area contributed by atoms with Crippen molar-refractivity contribution in [2.75, 3.05) is 66.7 Å². The number of pyridine rings is 1. The number of amides is 5. The number of benzene rings is 1. The van der Waals surface area contributed by atoms with Crippen molar-refractivity contribution in [3.63, 3.8) is 0 Å². The van der Waals surface area contributed by atoms with Crippen molar-refractivity contribution in [3.8, 4) is 22.5 Å². The molecule has 3 saturated heterocycles. The van der Waals surface area contributed by atoms with Crippen molar-refractivity contribution in [1.29, 1.82) is 0 Å². The smallest absolute Gasteiger partial charge is 0.355 e. The molecule has 18 nitrogen and oxygen atoms in total. The van der Waals surface area contributed by atoms with Crippen LogP contribution in [0.3, 0.4) is 0 Å². The standard InChI is InChI=1S/C49H65N9O9S/c1-9-57-38-14-13-31-22-34(38)35(42(57)33-12-10-16-50-40(33)30(4)65-8)24-48(5,6)28-67-46(62)49(64)15-11-17-58(53-49)45(61)36(23-39-51-37(31)27-68-39)52-43(59)41(29(2)3)54(7)47(63)56-25-32(26-56)44(60)55-18-20-66-21-19-55/h10,12-14,16,22,27,29-30,32,36,41,53,64H,9,11,15,17-21,23-26,28H2,1-8H3,(H,52,59)/t30-,36-,41-,49-/m0/s1. The number of morpholine rings is 1. The van der Waals surface area contributed by atoms with Gasteiger partial charge in [0.2, 0.25) is 17.5 Å². The summed E-state index contributed by atoms with van der Waals surface area (Å²) in [5, 5.41) is 19.5. The number of carbonyl (C=O) groups excluding carboxylic acids is 5. The van der Waals surface area contributed by atoms with Crippen LogP contribution < -0.4 is 10.7 Å². The van der Waals surface area contributed by atoms with Crippen LogP contribution in [0, 0.1) is 17.3 Å². The summed E-state index contributed by atoms with van der Waals surface area (Å²) in [6.07, 6.45) is 2.19. The van der Waals surface area contributed by atoms with Gasteiger partial charge in [-0.1, -0.05) is 33.8 Å². The Morgan fingerprint density at radius 2 is 1.84 bits per heavy atom. The summed E-state index contributed by atoms with van der Waals surface area (Å²) >= 11 is 1.36. The zero-order chi connectivity index (χ0) is 48.7. The molecule has 0 aliphatic carbocycles. The second-order valence-electron chi connectivity index (χ2n) is 19.6. The Hall–Kier alpha value is -5.47. The molecule has 7 heterocycles. The van der Waals surface area contributed by atoms with E-state index in [9.17, 15) is 29.1 Å². The van der Waals surface area contributed by atoms with Crippen molar-refractivity contribution in [2.45, 2.75) is 97.7 Å². The quantitative estimate of drug-likeness (QED) is 0.200. The zero-order valence-electron chi connectivity index (χ0n) is 40.4. The Kier molecular flexibility index (Phi) is 14.3. The first kappa shape index (κ1) is 49.0. The zero-order valence-corrected chi connectivity index (χ0v) is 41.2. The van der Waals surface area contributed by atoms with E-state index >= 15 is 0 Å². The average Bonchev–Trinajstić information content (AvgIpc) is 3.90. The molecule has 4 aliphatic heterocycles. The second kappa shape index (κ2) is 19.9. The Morgan fingerprint density at radius 1 is 1.09 bits per heavy atom. The van der Waals surface area contributed by atoms with Gasteiger partial charge in [0.15, 0.2) is 0 Å². The van der Waals surface area contributed by atoms with E-state index in [1.165, 1.54) is 21.2 Å². The number of hydrogen-bond donors (Lipinski definition) is 3. The number of aliphatic hydroxyl groups is 1. The largest absolute Gasteiger partial charge is 0.462 e. The summed E-state index contributed by atoms with van der Waals surface area (Å²) in [5.74, 6) is -2.78. The minimum absolute atomic E-state index is 0.00854. The number of aryl methyl sites for hydroxylation is 1. The number of likely N-dealkylation sites (tertiary alicyclic amines) is 1. The van der Waals surface area contributed by atoms with Gasteiger partial charge in [-0.05, 0) is 62.4 Å². The Bertz CT molecular complexity index is 2550. The molecule has 4 atom stereocenters. The summed E-state index contributed by atoms with van der Waals surface area (Å²) in [6.45, 7) is 15.0. The van der Waals surface area contributed by atoms with Gasteiger partial charge in [-0.25, -0.2) is 14.6 Å². The van der Waals surface area contributed by atoms with Crippen LogP contribution in [-0.4, -0.2) is 154 Å². The number of aromatic nitrogens is 3. The molecule has 68 heavy (non-hydrogen) atoms. The summed E-state index contributed by atoms with van der Waals surface area (Å²) in [6, 6.07) is 7.64. The average molecular weight is 956 g/mol. The van der Waals surface area contributed by atoms with E-state index in [-0.39, 0.29) is 69.4 Å². The number of thiazole rings is 1. The first-order valence-electron chi connectivity index (χ1n) is 23.7. The van der Waals surface area contributed by atoms with E-state index in [2.05, 4.69) is 40.4 Å². The molecule has 0 radical (unpaired) electrons. The molecule has 5 amide bonds. The number of rotatable bonds is 9. The fourth-order valence-corrected chi connectivity index (χ4v) is 10.8. The first-order valence-corrected chi connectivity index (χ1v) is 24.6. The fraction of sp³-hybridized carbons (Fsp3) is 0.571. The van der Waals surface area contributed by atoms with E-state index < -0.39 is 47.0 Å². The number of methoxy groups -OCH3 is 1. The fourth-order valence-electron chi connectivity index (χ4n) is 9.96. The van der Waals surface area contributed by atoms with Crippen molar-refractivity contribution >= 4 is 52.0 Å². The number of likely N-dealkylation sites (N-methyl/N-ethyl adjacent to an activating group) is 1. The van der Waals surface area contributed by atoms with Crippen molar-refractivity contribution in [2.24, 2.45) is 17.3 Å². The van der Waals surface area contributed by atoms with Gasteiger partial charge in [0.05, 0.1) is 53.9 Å². The Labute approximate surface area is 401 Å². The molecule has 4 aromatic rings. The molecule has 4 aliphatic rings. The van der Waals surface area contributed by atoms with E-state index in [4.69, 9.17) is 24.2 Å². The predicted molar refractivity (Wildman–Crippen MR) is 255 cm³/mol. The van der Waals surface area contributed by atoms with Crippen molar-refractivity contribution in [3.05, 3.63) is 58.2 Å². The minimum Gasteiger partial charge on any atom is -0.462 e. The van der Waals surface area contributed by atoms with Crippen LogP contribution in [0.25, 0.3) is 33.4 Å². The van der Waals surface area contributed by atoms with Crippen LogP contribution in [0.1, 0.15) is 76.8 Å². The molecule has 0 spiro atoms. The molecule has 19 heteroatoms. The number of fused-ring (bicyclic) bond motifs is 6. The summed E-state index contributed by atoms with van der Waals surface area (Å²) in [5.41, 5.74) is 6.21. The number of nitrogens with one attached hydrogen (secondary N) is 2. The SMILES string of the molecule is CCn1c(-c2cccnc2[C@H](C)OC)c2c3cc(ccc31)-c1csc(n1)C[C@H](NC(=O)[C@H](C(C)C)N(C)C(=O)N1CC(C(=O)N3CCOCC3)C1)C(=O)N1CCC[C@@](O)(N1)C(=O)OCC(C)(C)C2. The van der Waals surface area contributed by atoms with Gasteiger partial charge < -0.3 is 43.9 Å². The summed E-state index contributed by atoms with van der Waals surface area (Å²) in [4.78, 5) is 84.6. The molecule has 0 saturated carbocycles. The molecule has 3 N–H and O–H groups in total. The molecule has 3 aromatic heterocycles. The maximum atomic E-state index is 14.7. The van der Waals surface area contributed by atoms with Crippen molar-refractivity contribution in [1.82, 2.24) is 45.0 Å². The van der Waals surface area contributed by atoms with Crippen LogP contribution in [-0.2, 0) is 52.8 Å². The molecule has 1 aromatic carbocycles. The highest BCUT2D eigenvalue weighted by atomic mass is 32.1. The third-order valence-corrected chi connectivity index (χ3v) is 14.6. The predicted octanol–water partition coefficient (Wildman–Crippen LogP) is 4.39. The van der Waals surface area contributed by atoms with E-state index in [0.717, 1.165) is 39.0 Å². The van der Waals surface area contributed by atoms with Crippen LogP contribution in [0.4, 0.5) is 4.79 Å². The van der Waals surface area contributed by atoms with Gasteiger partial charge in [0.25, 0.3) is 5.91 Å². The van der Waals surface area contributed by atoms with Crippen molar-refractivity contribution < 1.29 is 43.3 Å². The molecule has 0 unspecified atom stereocenters. The molecule has 366 valence electrons. The number of hydrazine groups is 1. The topological polar surface area (TPSA) is 201 Å². The van der Waals surface area contributed by atoms with Gasteiger partial charge in [0.1, 0.15) is 12.1 Å². The maximum Gasteiger partial charge on any atom is 0.355 e. The number of urea groups is 1. The number of esters is 1. The lowest BCUT2D eigenvalue weighted by molar-refractivity contribution is -0.189. The third kappa shape index (κ3) is 9.72. The second-order valence-corrected chi connectivity index (χ2v) is 20.6. The number of hydrogen-bond acceptors (Lipinski definition) is 13. The van der Waals surface area contributed by atoms with Crippen LogP contribution >= 0.6 is 11.3 Å². The van der Waals surface area contributed by atoms with E-state index in [1.54, 1.807) is 30.2 Å². The molecule has 3 fully saturated rings. The Balaban J connectivity index is 1.13. The number of carbonyl (C=O) groups is 5. The normalized spacial score (nSPS) is 22.3. The lowest BCUT2D eigenvalue weighted by atomic mass is 9.84. The van der Waals surface area contributed by atoms with Gasteiger partial charge in [-0.2, -0.15) is 5.43 Å². The van der Waals surface area contributed by atoms with Gasteiger partial charge in [0, 0.05) is 105 Å². The minimum atomic E-state index is -2.23.